The summed E-state index contributed by atoms with van der Waals surface area (Å²) in [6, 6.07) is 5.29. The summed E-state index contributed by atoms with van der Waals surface area (Å²) in [7, 11) is 0. The predicted molar refractivity (Wildman–Crippen MR) is 79.2 cm³/mol. The van der Waals surface area contributed by atoms with Crippen LogP contribution in [-0.4, -0.2) is 16.5 Å². The highest BCUT2D eigenvalue weighted by Crippen LogP contribution is 2.14. The Hall–Kier alpha value is -2.24. The lowest BCUT2D eigenvalue weighted by molar-refractivity contribution is 0.574. The number of hydrogen-bond acceptors (Lipinski definition) is 4. The van der Waals surface area contributed by atoms with E-state index in [-0.39, 0.29) is 6.54 Å². The molecule has 6 heteroatoms. The third-order valence-corrected chi connectivity index (χ3v) is 2.87. The molecule has 1 aromatic carbocycles. The molecule has 112 valence electrons. The van der Waals surface area contributed by atoms with E-state index < -0.39 is 11.6 Å². The fraction of sp³-hybridized carbons (Fsp3) is 0.333. The second-order valence-electron chi connectivity index (χ2n) is 4.70. The molecule has 0 saturated carbocycles. The van der Waals surface area contributed by atoms with Gasteiger partial charge in [-0.2, -0.15) is 0 Å². The normalized spacial score (nSPS) is 10.5. The molecule has 0 unspecified atom stereocenters. The summed E-state index contributed by atoms with van der Waals surface area (Å²) in [5.41, 5.74) is 0.385. The lowest BCUT2D eigenvalue weighted by Gasteiger charge is -2.10. The number of rotatable bonds is 6. The summed E-state index contributed by atoms with van der Waals surface area (Å²) in [5, 5.41) is 6.20. The van der Waals surface area contributed by atoms with Crippen LogP contribution in [0.1, 0.15) is 24.7 Å². The van der Waals surface area contributed by atoms with Gasteiger partial charge in [0.15, 0.2) is 0 Å². The number of halogens is 2. The largest absolute Gasteiger partial charge is 0.370 e. The van der Waals surface area contributed by atoms with Gasteiger partial charge < -0.3 is 10.6 Å². The average molecular weight is 292 g/mol. The Morgan fingerprint density at radius 1 is 1.05 bits per heavy atom. The zero-order valence-corrected chi connectivity index (χ0v) is 12.1. The average Bonchev–Trinajstić information content (AvgIpc) is 2.43. The fourth-order valence-electron chi connectivity index (χ4n) is 1.85. The van der Waals surface area contributed by atoms with Crippen molar-refractivity contribution in [2.24, 2.45) is 0 Å². The number of benzene rings is 1. The first-order valence-corrected chi connectivity index (χ1v) is 6.86. The lowest BCUT2D eigenvalue weighted by atomic mass is 10.2. The van der Waals surface area contributed by atoms with Crippen molar-refractivity contribution in [2.45, 2.75) is 26.8 Å². The molecule has 2 aromatic rings. The zero-order valence-electron chi connectivity index (χ0n) is 12.1. The fourth-order valence-corrected chi connectivity index (χ4v) is 1.85. The maximum atomic E-state index is 13.6. The van der Waals surface area contributed by atoms with E-state index in [0.717, 1.165) is 24.8 Å². The Morgan fingerprint density at radius 3 is 2.43 bits per heavy atom. The van der Waals surface area contributed by atoms with Crippen LogP contribution >= 0.6 is 0 Å². The van der Waals surface area contributed by atoms with Crippen LogP contribution in [0.4, 0.5) is 20.4 Å². The van der Waals surface area contributed by atoms with Gasteiger partial charge >= 0.3 is 0 Å². The SMILES string of the molecule is CCCNc1cc(NCc2ccc(F)cc2F)nc(C)n1. The molecular formula is C15H18F2N4. The minimum absolute atomic E-state index is 0.232. The van der Waals surface area contributed by atoms with E-state index in [1.54, 1.807) is 13.0 Å². The number of nitrogens with one attached hydrogen (secondary N) is 2. The summed E-state index contributed by atoms with van der Waals surface area (Å²) >= 11 is 0. The minimum atomic E-state index is -0.583. The highest BCUT2D eigenvalue weighted by Gasteiger charge is 2.05. The molecule has 0 spiro atoms. The van der Waals surface area contributed by atoms with Crippen LogP contribution in [0, 0.1) is 18.6 Å². The maximum Gasteiger partial charge on any atom is 0.132 e. The second-order valence-corrected chi connectivity index (χ2v) is 4.70. The first-order valence-electron chi connectivity index (χ1n) is 6.86. The summed E-state index contributed by atoms with van der Waals surface area (Å²) in [6.07, 6.45) is 0.993. The van der Waals surface area contributed by atoms with Gasteiger partial charge in [-0.1, -0.05) is 13.0 Å². The maximum absolute atomic E-state index is 13.6. The molecule has 0 aliphatic rings. The van der Waals surface area contributed by atoms with Gasteiger partial charge in [0, 0.05) is 30.8 Å². The Morgan fingerprint density at radius 2 is 1.76 bits per heavy atom. The third kappa shape index (κ3) is 4.37. The number of hydrogen-bond donors (Lipinski definition) is 2. The van der Waals surface area contributed by atoms with Gasteiger partial charge in [0.25, 0.3) is 0 Å². The first-order chi connectivity index (χ1) is 10.1. The molecule has 21 heavy (non-hydrogen) atoms. The van der Waals surface area contributed by atoms with Crippen LogP contribution in [0.15, 0.2) is 24.3 Å². The summed E-state index contributed by atoms with van der Waals surface area (Å²) in [4.78, 5) is 8.52. The zero-order chi connectivity index (χ0) is 15.2. The topological polar surface area (TPSA) is 49.8 Å². The molecule has 0 atom stereocenters. The number of aryl methyl sites for hydroxylation is 1. The summed E-state index contributed by atoms with van der Waals surface area (Å²) < 4.78 is 26.4. The molecule has 0 amide bonds. The van der Waals surface area contributed by atoms with Crippen LogP contribution < -0.4 is 10.6 Å². The van der Waals surface area contributed by atoms with E-state index in [1.165, 1.54) is 12.1 Å². The molecular weight excluding hydrogens is 274 g/mol. The van der Waals surface area contributed by atoms with Gasteiger partial charge in [0.05, 0.1) is 0 Å². The van der Waals surface area contributed by atoms with Gasteiger partial charge in [-0.15, -0.1) is 0 Å². The monoisotopic (exact) mass is 292 g/mol. The van der Waals surface area contributed by atoms with Gasteiger partial charge in [-0.05, 0) is 19.4 Å². The van der Waals surface area contributed by atoms with E-state index >= 15 is 0 Å². The van der Waals surface area contributed by atoms with E-state index in [2.05, 4.69) is 27.5 Å². The third-order valence-electron chi connectivity index (χ3n) is 2.87. The van der Waals surface area contributed by atoms with Crippen molar-refractivity contribution in [3.05, 3.63) is 47.3 Å². The smallest absolute Gasteiger partial charge is 0.132 e. The molecule has 2 rings (SSSR count). The van der Waals surface area contributed by atoms with Gasteiger partial charge in [-0.3, -0.25) is 0 Å². The van der Waals surface area contributed by atoms with Crippen LogP contribution in [0.3, 0.4) is 0 Å². The Labute approximate surface area is 122 Å². The van der Waals surface area contributed by atoms with E-state index in [1.807, 2.05) is 0 Å². The van der Waals surface area contributed by atoms with Crippen LogP contribution in [0.5, 0.6) is 0 Å². The van der Waals surface area contributed by atoms with Crippen molar-refractivity contribution in [3.8, 4) is 0 Å². The molecule has 0 bridgehead atoms. The van der Waals surface area contributed by atoms with Crippen LogP contribution in [0.25, 0.3) is 0 Å². The molecule has 0 radical (unpaired) electrons. The van der Waals surface area contributed by atoms with E-state index in [0.29, 0.717) is 17.2 Å². The molecule has 1 heterocycles. The van der Waals surface area contributed by atoms with Crippen molar-refractivity contribution in [2.75, 3.05) is 17.2 Å². The lowest BCUT2D eigenvalue weighted by Crippen LogP contribution is -2.08. The molecule has 0 aliphatic carbocycles. The molecule has 0 aliphatic heterocycles. The molecule has 4 nitrogen and oxygen atoms in total. The number of anilines is 2. The standard InChI is InChI=1S/C15H18F2N4/c1-3-6-18-14-8-15(21-10(2)20-14)19-9-11-4-5-12(16)7-13(11)17/h4-5,7-8H,3,6,9H2,1-2H3,(H2,18,19,20,21). The Kier molecular flexibility index (Phi) is 5.03. The van der Waals surface area contributed by atoms with Gasteiger partial charge in [-0.25, -0.2) is 18.7 Å². The van der Waals surface area contributed by atoms with Gasteiger partial charge in [0.1, 0.15) is 29.1 Å². The molecule has 0 fully saturated rings. The number of nitrogens with zero attached hydrogens (tertiary/aromatic N) is 2. The molecule has 0 saturated heterocycles. The van der Waals surface area contributed by atoms with Crippen molar-refractivity contribution >= 4 is 11.6 Å². The summed E-state index contributed by atoms with van der Waals surface area (Å²) in [5.74, 6) is 0.798. The van der Waals surface area contributed by atoms with E-state index in [9.17, 15) is 8.78 Å². The van der Waals surface area contributed by atoms with Crippen LogP contribution in [0.2, 0.25) is 0 Å². The highest BCUT2D eigenvalue weighted by molar-refractivity contribution is 5.47. The second kappa shape index (κ2) is 6.97. The van der Waals surface area contributed by atoms with E-state index in [4.69, 9.17) is 0 Å². The van der Waals surface area contributed by atoms with Crippen molar-refractivity contribution in [3.63, 3.8) is 0 Å². The summed E-state index contributed by atoms with van der Waals surface area (Å²) in [6.45, 7) is 4.91. The highest BCUT2D eigenvalue weighted by atomic mass is 19.1. The Bertz CT molecular complexity index is 617. The minimum Gasteiger partial charge on any atom is -0.370 e. The first kappa shape index (κ1) is 15.2. The van der Waals surface area contributed by atoms with Crippen LogP contribution in [-0.2, 0) is 6.54 Å². The molecule has 2 N–H and O–H groups in total. The van der Waals surface area contributed by atoms with Gasteiger partial charge in [0.2, 0.25) is 0 Å². The van der Waals surface area contributed by atoms with Crippen molar-refractivity contribution in [1.82, 2.24) is 9.97 Å². The number of aromatic nitrogens is 2. The molecule has 1 aromatic heterocycles. The van der Waals surface area contributed by atoms with Crippen molar-refractivity contribution in [1.29, 1.82) is 0 Å². The van der Waals surface area contributed by atoms with Crippen molar-refractivity contribution < 1.29 is 8.78 Å². The Balaban J connectivity index is 2.07. The predicted octanol–water partition coefficient (Wildman–Crippen LogP) is 3.50. The quantitative estimate of drug-likeness (QED) is 0.855.